The summed E-state index contributed by atoms with van der Waals surface area (Å²) in [6.07, 6.45) is -8.74. The Morgan fingerprint density at radius 1 is 1.05 bits per heavy atom. The van der Waals surface area contributed by atoms with Crippen LogP contribution in [0.1, 0.15) is 73.0 Å². The maximum Gasteiger partial charge on any atom is 0.471 e. The Hall–Kier alpha value is -2.83. The SMILES string of the molecule is CC(C)[C@]1(C(=O)N2CCc3c(cc(C(F)(F)F)cc3C(N)=O)C2)CC[C@@H](N(C(=O)C(F)(F)F)C2CCOCC2)C1. The number of nitrogens with two attached hydrogens (primary N) is 1. The summed E-state index contributed by atoms with van der Waals surface area (Å²) < 4.78 is 86.8. The van der Waals surface area contributed by atoms with Gasteiger partial charge in [-0.3, -0.25) is 14.4 Å². The van der Waals surface area contributed by atoms with E-state index in [1.165, 1.54) is 4.90 Å². The van der Waals surface area contributed by atoms with Crippen LogP contribution in [0.2, 0.25) is 0 Å². The molecule has 2 atom stereocenters. The van der Waals surface area contributed by atoms with E-state index in [1.807, 2.05) is 0 Å². The Bertz CT molecular complexity index is 1160. The number of nitrogens with zero attached hydrogens (tertiary/aromatic N) is 2. The first-order chi connectivity index (χ1) is 18.6. The zero-order valence-corrected chi connectivity index (χ0v) is 22.3. The summed E-state index contributed by atoms with van der Waals surface area (Å²) in [6.45, 7) is 3.96. The number of carbonyl (C=O) groups excluding carboxylic acids is 3. The fourth-order valence-electron chi connectivity index (χ4n) is 6.56. The lowest BCUT2D eigenvalue weighted by molar-refractivity contribution is -0.192. The second-order valence-corrected chi connectivity index (χ2v) is 11.3. The van der Waals surface area contributed by atoms with Gasteiger partial charge in [-0.2, -0.15) is 26.3 Å². The van der Waals surface area contributed by atoms with Gasteiger partial charge in [-0.25, -0.2) is 0 Å². The monoisotopic (exact) mass is 577 g/mol. The molecule has 1 saturated heterocycles. The molecule has 1 aliphatic carbocycles. The minimum atomic E-state index is -5.07. The molecule has 0 unspecified atom stereocenters. The number of fused-ring (bicyclic) bond motifs is 1. The third-order valence-electron chi connectivity index (χ3n) is 8.72. The molecule has 0 radical (unpaired) electrons. The van der Waals surface area contributed by atoms with Crippen molar-refractivity contribution in [3.05, 3.63) is 34.4 Å². The lowest BCUT2D eigenvalue weighted by atomic mass is 9.73. The minimum absolute atomic E-state index is 0.0150. The number of alkyl halides is 6. The number of primary amides is 1. The first-order valence-electron chi connectivity index (χ1n) is 13.4. The van der Waals surface area contributed by atoms with Crippen LogP contribution in [0.5, 0.6) is 0 Å². The number of amides is 3. The Labute approximate surface area is 228 Å². The van der Waals surface area contributed by atoms with Gasteiger partial charge in [-0.15, -0.1) is 0 Å². The summed E-state index contributed by atoms with van der Waals surface area (Å²) >= 11 is 0. The molecule has 3 aliphatic rings. The molecular formula is C27H33F6N3O4. The van der Waals surface area contributed by atoms with Gasteiger partial charge in [0.05, 0.1) is 11.0 Å². The minimum Gasteiger partial charge on any atom is -0.381 e. The van der Waals surface area contributed by atoms with Crippen LogP contribution in [0.15, 0.2) is 12.1 Å². The van der Waals surface area contributed by atoms with Crippen LogP contribution >= 0.6 is 0 Å². The van der Waals surface area contributed by atoms with Crippen LogP contribution in [0.4, 0.5) is 26.3 Å². The Kier molecular flexibility index (Phi) is 8.19. The summed E-state index contributed by atoms with van der Waals surface area (Å²) in [5, 5.41) is 0. The van der Waals surface area contributed by atoms with Gasteiger partial charge in [-0.05, 0) is 67.7 Å². The Balaban J connectivity index is 1.63. The molecule has 0 bridgehead atoms. The van der Waals surface area contributed by atoms with Gasteiger partial charge in [0.15, 0.2) is 0 Å². The van der Waals surface area contributed by atoms with E-state index in [0.29, 0.717) is 5.56 Å². The number of halogens is 6. The topological polar surface area (TPSA) is 92.9 Å². The summed E-state index contributed by atoms with van der Waals surface area (Å²) in [7, 11) is 0. The predicted molar refractivity (Wildman–Crippen MR) is 131 cm³/mol. The highest BCUT2D eigenvalue weighted by atomic mass is 19.4. The lowest BCUT2D eigenvalue weighted by Crippen LogP contribution is -2.54. The molecule has 222 valence electrons. The predicted octanol–water partition coefficient (Wildman–Crippen LogP) is 4.45. The van der Waals surface area contributed by atoms with Crippen molar-refractivity contribution in [2.24, 2.45) is 17.1 Å². The maximum absolute atomic E-state index is 14.1. The quantitative estimate of drug-likeness (QED) is 0.524. The van der Waals surface area contributed by atoms with Gasteiger partial charge >= 0.3 is 18.3 Å². The van der Waals surface area contributed by atoms with Gasteiger partial charge in [0.2, 0.25) is 11.8 Å². The lowest BCUT2D eigenvalue weighted by Gasteiger charge is -2.42. The van der Waals surface area contributed by atoms with Gasteiger partial charge in [-0.1, -0.05) is 13.8 Å². The van der Waals surface area contributed by atoms with Crippen LogP contribution in [0.25, 0.3) is 0 Å². The second-order valence-electron chi connectivity index (χ2n) is 11.3. The molecule has 4 rings (SSSR count). The number of hydrogen-bond donors (Lipinski definition) is 1. The highest BCUT2D eigenvalue weighted by molar-refractivity contribution is 5.95. The standard InChI is InChI=1S/C27H33F6N3O4/c1-15(2)25(7-3-19(13-25)36(24(39)27(31,32)33)18-5-9-40-10-6-18)23(38)35-8-4-20-16(14-35)11-17(26(28,29)30)12-21(20)22(34)37/h11-12,15,18-19H,3-10,13-14H2,1-2H3,(H2,34,37)/t19-,25+/m1/s1. The normalized spacial score (nSPS) is 24.2. The van der Waals surface area contributed by atoms with Crippen LogP contribution in [-0.2, 0) is 33.5 Å². The van der Waals surface area contributed by atoms with E-state index < -0.39 is 47.2 Å². The van der Waals surface area contributed by atoms with Crippen molar-refractivity contribution in [1.29, 1.82) is 0 Å². The van der Waals surface area contributed by atoms with Crippen molar-refractivity contribution in [3.63, 3.8) is 0 Å². The summed E-state index contributed by atoms with van der Waals surface area (Å²) in [4.78, 5) is 40.9. The molecule has 1 aromatic rings. The molecule has 1 aromatic carbocycles. The van der Waals surface area contributed by atoms with Crippen LogP contribution in [0, 0.1) is 11.3 Å². The van der Waals surface area contributed by atoms with Gasteiger partial charge < -0.3 is 20.3 Å². The highest BCUT2D eigenvalue weighted by Crippen LogP contribution is 2.49. The molecule has 3 amide bonds. The largest absolute Gasteiger partial charge is 0.471 e. The van der Waals surface area contributed by atoms with Gasteiger partial charge in [0.1, 0.15) is 0 Å². The van der Waals surface area contributed by atoms with Crippen LogP contribution < -0.4 is 5.73 Å². The third-order valence-corrected chi connectivity index (χ3v) is 8.72. The first-order valence-corrected chi connectivity index (χ1v) is 13.4. The molecule has 7 nitrogen and oxygen atoms in total. The third kappa shape index (κ3) is 5.66. The Morgan fingerprint density at radius 3 is 2.25 bits per heavy atom. The number of hydrogen-bond acceptors (Lipinski definition) is 4. The summed E-state index contributed by atoms with van der Waals surface area (Å²) in [6, 6.07) is 0.147. The smallest absolute Gasteiger partial charge is 0.381 e. The van der Waals surface area contributed by atoms with Gasteiger partial charge in [0.25, 0.3) is 0 Å². The fourth-order valence-corrected chi connectivity index (χ4v) is 6.56. The van der Waals surface area contributed by atoms with Crippen molar-refractivity contribution >= 4 is 17.7 Å². The van der Waals surface area contributed by atoms with E-state index in [9.17, 15) is 40.7 Å². The average Bonchev–Trinajstić information content (AvgIpc) is 3.33. The van der Waals surface area contributed by atoms with E-state index >= 15 is 0 Å². The summed E-state index contributed by atoms with van der Waals surface area (Å²) in [5.74, 6) is -3.62. The molecule has 2 fully saturated rings. The second kappa shape index (κ2) is 10.9. The van der Waals surface area contributed by atoms with E-state index in [1.54, 1.807) is 13.8 Å². The number of ether oxygens (including phenoxy) is 1. The molecule has 2 heterocycles. The number of rotatable bonds is 5. The fraction of sp³-hybridized carbons (Fsp3) is 0.667. The Morgan fingerprint density at radius 2 is 1.70 bits per heavy atom. The molecule has 1 saturated carbocycles. The average molecular weight is 578 g/mol. The molecule has 0 spiro atoms. The first kappa shape index (κ1) is 30.1. The number of carbonyl (C=O) groups is 3. The highest BCUT2D eigenvalue weighted by Gasteiger charge is 2.55. The van der Waals surface area contributed by atoms with Gasteiger partial charge in [0, 0.05) is 44.0 Å². The molecular weight excluding hydrogens is 544 g/mol. The van der Waals surface area contributed by atoms with Crippen molar-refractivity contribution in [2.75, 3.05) is 19.8 Å². The van der Waals surface area contributed by atoms with Crippen molar-refractivity contribution < 1.29 is 45.5 Å². The van der Waals surface area contributed by atoms with E-state index in [2.05, 4.69) is 0 Å². The maximum atomic E-state index is 14.1. The van der Waals surface area contributed by atoms with Crippen molar-refractivity contribution in [1.82, 2.24) is 9.80 Å². The van der Waals surface area contributed by atoms with Crippen LogP contribution in [0.3, 0.4) is 0 Å². The zero-order valence-electron chi connectivity index (χ0n) is 22.3. The van der Waals surface area contributed by atoms with E-state index in [-0.39, 0.29) is 87.8 Å². The van der Waals surface area contributed by atoms with Crippen molar-refractivity contribution in [3.8, 4) is 0 Å². The van der Waals surface area contributed by atoms with E-state index in [4.69, 9.17) is 10.5 Å². The summed E-state index contributed by atoms with van der Waals surface area (Å²) in [5.41, 5.74) is 3.48. The zero-order chi connectivity index (χ0) is 29.6. The molecule has 2 N–H and O–H groups in total. The molecule has 0 aromatic heterocycles. The van der Waals surface area contributed by atoms with Crippen LogP contribution in [-0.4, -0.2) is 65.5 Å². The number of benzene rings is 1. The molecule has 40 heavy (non-hydrogen) atoms. The molecule has 13 heteroatoms. The van der Waals surface area contributed by atoms with E-state index in [0.717, 1.165) is 17.0 Å². The van der Waals surface area contributed by atoms with Crippen molar-refractivity contribution in [2.45, 2.75) is 83.4 Å². The molecule has 2 aliphatic heterocycles.